The molecule has 2 heterocycles. The van der Waals surface area contributed by atoms with Crippen molar-refractivity contribution in [3.63, 3.8) is 0 Å². The molecule has 0 fully saturated rings. The third-order valence-electron chi connectivity index (χ3n) is 2.94. The number of carbonyl (C=O) groups excluding carboxylic acids is 1. The minimum absolute atomic E-state index is 0.171. The Hall–Kier alpha value is -1.95. The van der Waals surface area contributed by atoms with E-state index < -0.39 is 6.10 Å². The molecule has 98 valence electrons. The highest BCUT2D eigenvalue weighted by Gasteiger charge is 2.29. The first-order valence-corrected chi connectivity index (χ1v) is 6.95. The van der Waals surface area contributed by atoms with Crippen molar-refractivity contribution in [1.29, 1.82) is 0 Å². The summed E-state index contributed by atoms with van der Waals surface area (Å²) in [5, 5.41) is 12.1. The zero-order valence-corrected chi connectivity index (χ0v) is 11.2. The predicted octanol–water partition coefficient (Wildman–Crippen LogP) is 2.04. The Labute approximate surface area is 114 Å². The number of carbonyl (C=O) groups is 1. The SMILES string of the molecule is CCc1nnc(NC(=O)[C@H]2Cc3ccccc3O2)s1. The minimum atomic E-state index is -0.480. The topological polar surface area (TPSA) is 64.1 Å². The van der Waals surface area contributed by atoms with Crippen molar-refractivity contribution in [2.24, 2.45) is 0 Å². The highest BCUT2D eigenvalue weighted by molar-refractivity contribution is 7.15. The van der Waals surface area contributed by atoms with Crippen molar-refractivity contribution < 1.29 is 9.53 Å². The maximum Gasteiger partial charge on any atom is 0.267 e. The van der Waals surface area contributed by atoms with Crippen molar-refractivity contribution in [1.82, 2.24) is 10.2 Å². The molecule has 0 spiro atoms. The number of para-hydroxylation sites is 1. The molecule has 1 atom stereocenters. The Morgan fingerprint density at radius 2 is 2.32 bits per heavy atom. The van der Waals surface area contributed by atoms with E-state index in [1.54, 1.807) is 0 Å². The maximum atomic E-state index is 12.1. The second-order valence-corrected chi connectivity index (χ2v) is 5.32. The van der Waals surface area contributed by atoms with Crippen LogP contribution in [0.25, 0.3) is 0 Å². The van der Waals surface area contributed by atoms with E-state index in [0.29, 0.717) is 11.6 Å². The molecule has 1 N–H and O–H groups in total. The summed E-state index contributed by atoms with van der Waals surface area (Å²) in [7, 11) is 0. The van der Waals surface area contributed by atoms with E-state index in [-0.39, 0.29) is 5.91 Å². The lowest BCUT2D eigenvalue weighted by Crippen LogP contribution is -2.31. The standard InChI is InChI=1S/C13H13N3O2S/c1-2-11-15-16-13(19-11)14-12(17)10-7-8-5-3-4-6-9(8)18-10/h3-6,10H,2,7H2,1H3,(H,14,16,17)/t10-/m1/s1. The molecule has 6 heteroatoms. The van der Waals surface area contributed by atoms with Crippen LogP contribution in [0.1, 0.15) is 17.5 Å². The molecule has 19 heavy (non-hydrogen) atoms. The Morgan fingerprint density at radius 1 is 1.47 bits per heavy atom. The number of benzene rings is 1. The van der Waals surface area contributed by atoms with Gasteiger partial charge in [0, 0.05) is 6.42 Å². The average Bonchev–Trinajstić information content (AvgIpc) is 3.04. The molecule has 3 rings (SSSR count). The quantitative estimate of drug-likeness (QED) is 0.931. The lowest BCUT2D eigenvalue weighted by molar-refractivity contribution is -0.122. The molecule has 0 saturated carbocycles. The normalized spacial score (nSPS) is 16.8. The van der Waals surface area contributed by atoms with Crippen molar-refractivity contribution in [3.8, 4) is 5.75 Å². The maximum absolute atomic E-state index is 12.1. The lowest BCUT2D eigenvalue weighted by Gasteiger charge is -2.08. The fraction of sp³-hybridized carbons (Fsp3) is 0.308. The van der Waals surface area contributed by atoms with Crippen molar-refractivity contribution in [2.75, 3.05) is 5.32 Å². The molecule has 1 aromatic heterocycles. The summed E-state index contributed by atoms with van der Waals surface area (Å²) in [4.78, 5) is 12.1. The molecule has 1 aromatic carbocycles. The Morgan fingerprint density at radius 3 is 3.05 bits per heavy atom. The van der Waals surface area contributed by atoms with Gasteiger partial charge in [-0.1, -0.05) is 36.5 Å². The van der Waals surface area contributed by atoms with Gasteiger partial charge in [0.15, 0.2) is 6.10 Å². The Kier molecular flexibility index (Phi) is 3.16. The van der Waals surface area contributed by atoms with Crippen LogP contribution in [0, 0.1) is 0 Å². The Bertz CT molecular complexity index is 586. The van der Waals surface area contributed by atoms with Gasteiger partial charge < -0.3 is 4.74 Å². The molecule has 0 aliphatic carbocycles. The summed E-state index contributed by atoms with van der Waals surface area (Å²) in [6, 6.07) is 7.70. The second-order valence-electron chi connectivity index (χ2n) is 4.26. The van der Waals surface area contributed by atoms with Crippen molar-refractivity contribution in [3.05, 3.63) is 34.8 Å². The van der Waals surface area contributed by atoms with Gasteiger partial charge in [-0.15, -0.1) is 10.2 Å². The molecule has 0 bridgehead atoms. The molecule has 5 nitrogen and oxygen atoms in total. The number of hydrogen-bond donors (Lipinski definition) is 1. The summed E-state index contributed by atoms with van der Waals surface area (Å²) in [5.74, 6) is 0.615. The Balaban J connectivity index is 1.66. The number of hydrogen-bond acceptors (Lipinski definition) is 5. The van der Waals surface area contributed by atoms with E-state index in [1.807, 2.05) is 31.2 Å². The van der Waals surface area contributed by atoms with Crippen LogP contribution in [0.2, 0.25) is 0 Å². The number of nitrogens with zero attached hydrogens (tertiary/aromatic N) is 2. The zero-order chi connectivity index (χ0) is 13.2. The van der Waals surface area contributed by atoms with Crippen LogP contribution in [0.15, 0.2) is 24.3 Å². The average molecular weight is 275 g/mol. The number of nitrogens with one attached hydrogen (secondary N) is 1. The smallest absolute Gasteiger partial charge is 0.267 e. The number of fused-ring (bicyclic) bond motifs is 1. The highest BCUT2D eigenvalue weighted by Crippen LogP contribution is 2.28. The molecule has 0 unspecified atom stereocenters. The van der Waals surface area contributed by atoms with Gasteiger partial charge in [-0.3, -0.25) is 10.1 Å². The summed E-state index contributed by atoms with van der Waals surface area (Å²) >= 11 is 1.39. The first-order chi connectivity index (χ1) is 9.26. The van der Waals surface area contributed by atoms with E-state index in [2.05, 4.69) is 15.5 Å². The van der Waals surface area contributed by atoms with Gasteiger partial charge in [-0.25, -0.2) is 0 Å². The number of rotatable bonds is 3. The molecular weight excluding hydrogens is 262 g/mol. The second kappa shape index (κ2) is 4.97. The van der Waals surface area contributed by atoms with Crippen LogP contribution in [0.4, 0.5) is 5.13 Å². The number of aryl methyl sites for hydroxylation is 1. The lowest BCUT2D eigenvalue weighted by atomic mass is 10.1. The third-order valence-corrected chi connectivity index (χ3v) is 3.92. The summed E-state index contributed by atoms with van der Waals surface area (Å²) in [6.07, 6.45) is 0.937. The van der Waals surface area contributed by atoms with Crippen molar-refractivity contribution >= 4 is 22.4 Å². The fourth-order valence-corrected chi connectivity index (χ4v) is 2.64. The van der Waals surface area contributed by atoms with Gasteiger partial charge in [-0.2, -0.15) is 0 Å². The highest BCUT2D eigenvalue weighted by atomic mass is 32.1. The number of anilines is 1. The van der Waals surface area contributed by atoms with Crippen molar-refractivity contribution in [2.45, 2.75) is 25.9 Å². The first-order valence-electron chi connectivity index (χ1n) is 6.14. The van der Waals surface area contributed by atoms with Gasteiger partial charge >= 0.3 is 0 Å². The van der Waals surface area contributed by atoms with E-state index >= 15 is 0 Å². The zero-order valence-electron chi connectivity index (χ0n) is 10.4. The molecular formula is C13H13N3O2S. The van der Waals surface area contributed by atoms with Crippen LogP contribution in [-0.2, 0) is 17.6 Å². The predicted molar refractivity (Wildman–Crippen MR) is 72.5 cm³/mol. The van der Waals surface area contributed by atoms with Gasteiger partial charge in [0.2, 0.25) is 5.13 Å². The summed E-state index contributed by atoms with van der Waals surface area (Å²) in [6.45, 7) is 2.00. The largest absolute Gasteiger partial charge is 0.480 e. The van der Waals surface area contributed by atoms with E-state index in [9.17, 15) is 4.79 Å². The molecule has 0 saturated heterocycles. The fourth-order valence-electron chi connectivity index (χ4n) is 1.96. The van der Waals surface area contributed by atoms with Crippen LogP contribution < -0.4 is 10.1 Å². The van der Waals surface area contributed by atoms with Gasteiger partial charge in [0.05, 0.1) is 0 Å². The van der Waals surface area contributed by atoms with Crippen LogP contribution in [0.3, 0.4) is 0 Å². The van der Waals surface area contributed by atoms with Gasteiger partial charge in [0.25, 0.3) is 5.91 Å². The molecule has 0 radical (unpaired) electrons. The van der Waals surface area contributed by atoms with E-state index in [4.69, 9.17) is 4.74 Å². The monoisotopic (exact) mass is 275 g/mol. The van der Waals surface area contributed by atoms with E-state index in [0.717, 1.165) is 22.7 Å². The molecule has 1 aliphatic rings. The van der Waals surface area contributed by atoms with Gasteiger partial charge in [-0.05, 0) is 18.1 Å². The summed E-state index contributed by atoms with van der Waals surface area (Å²) < 4.78 is 5.62. The number of ether oxygens (including phenoxy) is 1. The van der Waals surface area contributed by atoms with Crippen LogP contribution in [0.5, 0.6) is 5.75 Å². The molecule has 1 aliphatic heterocycles. The molecule has 1 amide bonds. The minimum Gasteiger partial charge on any atom is -0.480 e. The van der Waals surface area contributed by atoms with Gasteiger partial charge in [0.1, 0.15) is 10.8 Å². The number of aromatic nitrogens is 2. The van der Waals surface area contributed by atoms with Crippen LogP contribution >= 0.6 is 11.3 Å². The first kappa shape index (κ1) is 12.1. The van der Waals surface area contributed by atoms with E-state index in [1.165, 1.54) is 11.3 Å². The summed E-state index contributed by atoms with van der Waals surface area (Å²) in [5.41, 5.74) is 1.06. The molecule has 2 aromatic rings. The van der Waals surface area contributed by atoms with Crippen LogP contribution in [-0.4, -0.2) is 22.2 Å². The number of amides is 1. The third kappa shape index (κ3) is 2.44.